The summed E-state index contributed by atoms with van der Waals surface area (Å²) in [6.45, 7) is 0.672. The first-order valence-electron chi connectivity index (χ1n) is 5.37. The van der Waals surface area contributed by atoms with Gasteiger partial charge in [-0.15, -0.1) is 0 Å². The van der Waals surface area contributed by atoms with E-state index in [1.54, 1.807) is 0 Å². The van der Waals surface area contributed by atoms with Gasteiger partial charge in [-0.1, -0.05) is 28.1 Å². The maximum absolute atomic E-state index is 5.93. The molecule has 3 heteroatoms. The van der Waals surface area contributed by atoms with Gasteiger partial charge in [0, 0.05) is 10.5 Å². The molecule has 2 atom stereocenters. The predicted molar refractivity (Wildman–Crippen MR) is 64.5 cm³/mol. The first kappa shape index (κ1) is 11.1. The third-order valence-electron chi connectivity index (χ3n) is 2.88. The van der Waals surface area contributed by atoms with Crippen LogP contribution in [0.2, 0.25) is 0 Å². The molecule has 0 heterocycles. The second-order valence-corrected chi connectivity index (χ2v) is 4.99. The molecule has 0 unspecified atom stereocenters. The fourth-order valence-corrected chi connectivity index (χ4v) is 2.21. The van der Waals surface area contributed by atoms with Crippen molar-refractivity contribution in [3.8, 4) is 0 Å². The standard InChI is InChI=1S/C12H16BrNO/c13-10-6-4-9(5-7-10)8-15-12-3-1-2-11(12)14/h4-7,11-12H,1-3,8,14H2/t11-,12-/m0/s1. The number of rotatable bonds is 3. The van der Waals surface area contributed by atoms with E-state index in [0.717, 1.165) is 17.3 Å². The van der Waals surface area contributed by atoms with Crippen molar-refractivity contribution in [2.75, 3.05) is 0 Å². The molecule has 82 valence electrons. The lowest BCUT2D eigenvalue weighted by Gasteiger charge is -2.16. The maximum Gasteiger partial charge on any atom is 0.0730 e. The number of halogens is 1. The second-order valence-electron chi connectivity index (χ2n) is 4.07. The molecule has 2 nitrogen and oxygen atoms in total. The van der Waals surface area contributed by atoms with Crippen molar-refractivity contribution < 1.29 is 4.74 Å². The van der Waals surface area contributed by atoms with Gasteiger partial charge in [-0.2, -0.15) is 0 Å². The second kappa shape index (κ2) is 5.10. The molecule has 2 rings (SSSR count). The van der Waals surface area contributed by atoms with Gasteiger partial charge in [0.25, 0.3) is 0 Å². The Balaban J connectivity index is 1.85. The lowest BCUT2D eigenvalue weighted by molar-refractivity contribution is 0.0357. The highest BCUT2D eigenvalue weighted by Crippen LogP contribution is 2.21. The van der Waals surface area contributed by atoms with Crippen LogP contribution < -0.4 is 5.73 Å². The van der Waals surface area contributed by atoms with Gasteiger partial charge in [0.15, 0.2) is 0 Å². The zero-order valence-corrected chi connectivity index (χ0v) is 10.2. The Labute approximate surface area is 98.9 Å². The fourth-order valence-electron chi connectivity index (χ4n) is 1.95. The minimum absolute atomic E-state index is 0.237. The molecule has 1 aliphatic rings. The van der Waals surface area contributed by atoms with E-state index < -0.39 is 0 Å². The van der Waals surface area contributed by atoms with Gasteiger partial charge in [0.05, 0.1) is 12.7 Å². The molecule has 1 aromatic rings. The van der Waals surface area contributed by atoms with Crippen LogP contribution in [-0.4, -0.2) is 12.1 Å². The number of benzene rings is 1. The van der Waals surface area contributed by atoms with Crippen molar-refractivity contribution in [2.45, 2.75) is 38.0 Å². The van der Waals surface area contributed by atoms with E-state index in [4.69, 9.17) is 10.5 Å². The third kappa shape index (κ3) is 3.03. The monoisotopic (exact) mass is 269 g/mol. The maximum atomic E-state index is 5.93. The Morgan fingerprint density at radius 3 is 2.60 bits per heavy atom. The lowest BCUT2D eigenvalue weighted by atomic mass is 10.2. The molecule has 0 aromatic heterocycles. The van der Waals surface area contributed by atoms with E-state index in [1.807, 2.05) is 12.1 Å². The van der Waals surface area contributed by atoms with Crippen LogP contribution in [0.15, 0.2) is 28.7 Å². The highest BCUT2D eigenvalue weighted by Gasteiger charge is 2.24. The van der Waals surface area contributed by atoms with Crippen molar-refractivity contribution in [2.24, 2.45) is 5.73 Å². The molecule has 1 aromatic carbocycles. The highest BCUT2D eigenvalue weighted by atomic mass is 79.9. The summed E-state index contributed by atoms with van der Waals surface area (Å²) >= 11 is 3.41. The molecule has 15 heavy (non-hydrogen) atoms. The molecule has 0 saturated heterocycles. The SMILES string of the molecule is N[C@H]1CCC[C@@H]1OCc1ccc(Br)cc1. The van der Waals surface area contributed by atoms with E-state index in [0.29, 0.717) is 6.61 Å². The van der Waals surface area contributed by atoms with Crippen LogP contribution in [0, 0.1) is 0 Å². The highest BCUT2D eigenvalue weighted by molar-refractivity contribution is 9.10. The number of ether oxygens (including phenoxy) is 1. The minimum atomic E-state index is 0.237. The summed E-state index contributed by atoms with van der Waals surface area (Å²) in [6, 6.07) is 8.45. The minimum Gasteiger partial charge on any atom is -0.372 e. The lowest BCUT2D eigenvalue weighted by Crippen LogP contribution is -2.31. The van der Waals surface area contributed by atoms with Crippen LogP contribution in [-0.2, 0) is 11.3 Å². The molecule has 0 aliphatic heterocycles. The van der Waals surface area contributed by atoms with Crippen molar-refractivity contribution in [3.63, 3.8) is 0 Å². The number of hydrogen-bond acceptors (Lipinski definition) is 2. The van der Waals surface area contributed by atoms with Gasteiger partial charge in [-0.05, 0) is 37.0 Å². The van der Waals surface area contributed by atoms with E-state index in [-0.39, 0.29) is 12.1 Å². The van der Waals surface area contributed by atoms with E-state index in [1.165, 1.54) is 12.0 Å². The molecule has 0 radical (unpaired) electrons. The molecule has 2 N–H and O–H groups in total. The zero-order chi connectivity index (χ0) is 10.7. The normalized spacial score (nSPS) is 25.7. The number of hydrogen-bond donors (Lipinski definition) is 1. The topological polar surface area (TPSA) is 35.2 Å². The van der Waals surface area contributed by atoms with E-state index >= 15 is 0 Å². The van der Waals surface area contributed by atoms with Crippen molar-refractivity contribution in [1.82, 2.24) is 0 Å². The molecule has 1 aliphatic carbocycles. The fraction of sp³-hybridized carbons (Fsp3) is 0.500. The van der Waals surface area contributed by atoms with Crippen molar-refractivity contribution in [1.29, 1.82) is 0 Å². The first-order chi connectivity index (χ1) is 7.25. The van der Waals surface area contributed by atoms with Gasteiger partial charge < -0.3 is 10.5 Å². The van der Waals surface area contributed by atoms with E-state index in [2.05, 4.69) is 28.1 Å². The summed E-state index contributed by atoms with van der Waals surface area (Å²) in [6.07, 6.45) is 3.67. The Morgan fingerprint density at radius 1 is 1.27 bits per heavy atom. The molecule has 0 bridgehead atoms. The van der Waals surface area contributed by atoms with Gasteiger partial charge in [-0.25, -0.2) is 0 Å². The zero-order valence-electron chi connectivity index (χ0n) is 8.66. The summed E-state index contributed by atoms with van der Waals surface area (Å²) in [5, 5.41) is 0. The van der Waals surface area contributed by atoms with Crippen LogP contribution in [0.3, 0.4) is 0 Å². The molecule has 0 amide bonds. The average Bonchev–Trinajstić information content (AvgIpc) is 2.63. The first-order valence-corrected chi connectivity index (χ1v) is 6.16. The molecule has 0 spiro atoms. The number of nitrogens with two attached hydrogens (primary N) is 1. The van der Waals surface area contributed by atoms with Crippen LogP contribution >= 0.6 is 15.9 Å². The van der Waals surface area contributed by atoms with E-state index in [9.17, 15) is 0 Å². The molecular formula is C12H16BrNO. The van der Waals surface area contributed by atoms with Crippen molar-refractivity contribution in [3.05, 3.63) is 34.3 Å². The predicted octanol–water partition coefficient (Wildman–Crippen LogP) is 2.85. The Bertz CT molecular complexity index is 312. The van der Waals surface area contributed by atoms with Gasteiger partial charge in [-0.3, -0.25) is 0 Å². The van der Waals surface area contributed by atoms with Crippen LogP contribution in [0.5, 0.6) is 0 Å². The largest absolute Gasteiger partial charge is 0.372 e. The average molecular weight is 270 g/mol. The van der Waals surface area contributed by atoms with Crippen molar-refractivity contribution >= 4 is 15.9 Å². The molecule has 1 fully saturated rings. The van der Waals surface area contributed by atoms with Crippen LogP contribution in [0.1, 0.15) is 24.8 Å². The van der Waals surface area contributed by atoms with Gasteiger partial charge >= 0.3 is 0 Å². The summed E-state index contributed by atoms with van der Waals surface area (Å²) in [5.41, 5.74) is 7.14. The Kier molecular flexibility index (Phi) is 3.78. The quantitative estimate of drug-likeness (QED) is 0.916. The Morgan fingerprint density at radius 2 is 2.00 bits per heavy atom. The molecular weight excluding hydrogens is 254 g/mol. The summed E-state index contributed by atoms with van der Waals surface area (Å²) in [5.74, 6) is 0. The molecule has 1 saturated carbocycles. The van der Waals surface area contributed by atoms with Crippen LogP contribution in [0.25, 0.3) is 0 Å². The Hall–Kier alpha value is -0.380. The van der Waals surface area contributed by atoms with Gasteiger partial charge in [0.1, 0.15) is 0 Å². The summed E-state index contributed by atoms with van der Waals surface area (Å²) in [4.78, 5) is 0. The summed E-state index contributed by atoms with van der Waals surface area (Å²) in [7, 11) is 0. The van der Waals surface area contributed by atoms with Gasteiger partial charge in [0.2, 0.25) is 0 Å². The summed E-state index contributed by atoms with van der Waals surface area (Å²) < 4.78 is 6.90. The van der Waals surface area contributed by atoms with Crippen LogP contribution in [0.4, 0.5) is 0 Å². The smallest absolute Gasteiger partial charge is 0.0730 e. The third-order valence-corrected chi connectivity index (χ3v) is 3.41.